The second-order valence-corrected chi connectivity index (χ2v) is 6.85. The van der Waals surface area contributed by atoms with Gasteiger partial charge in [-0.15, -0.1) is 0 Å². The van der Waals surface area contributed by atoms with E-state index in [0.29, 0.717) is 36.0 Å². The number of guanidine groups is 1. The number of ether oxygens (including phenoxy) is 3. The van der Waals surface area contributed by atoms with Crippen LogP contribution in [0.1, 0.15) is 20.3 Å². The molecule has 7 heteroatoms. The maximum Gasteiger partial charge on any atom is 0.193 e. The average molecular weight is 364 g/mol. The Kier molecular flexibility index (Phi) is 8.00. The monoisotopic (exact) mass is 364 g/mol. The summed E-state index contributed by atoms with van der Waals surface area (Å²) in [5.41, 5.74) is 6.92. The van der Waals surface area contributed by atoms with E-state index in [9.17, 15) is 0 Å². The third-order valence-corrected chi connectivity index (χ3v) is 4.43. The Morgan fingerprint density at radius 2 is 1.92 bits per heavy atom. The van der Waals surface area contributed by atoms with Gasteiger partial charge in [-0.3, -0.25) is 9.89 Å². The molecule has 0 bridgehead atoms. The van der Waals surface area contributed by atoms with Gasteiger partial charge in [-0.25, -0.2) is 0 Å². The Bertz CT molecular complexity index is 586. The number of hydrogen-bond acceptors (Lipinski definition) is 5. The van der Waals surface area contributed by atoms with E-state index in [0.717, 1.165) is 38.4 Å². The van der Waals surface area contributed by atoms with Crippen LogP contribution in [0.15, 0.2) is 23.2 Å². The zero-order chi connectivity index (χ0) is 18.9. The molecule has 0 radical (unpaired) electrons. The minimum atomic E-state index is 0.379. The van der Waals surface area contributed by atoms with E-state index in [2.05, 4.69) is 29.1 Å². The van der Waals surface area contributed by atoms with Gasteiger partial charge in [0.15, 0.2) is 17.5 Å². The topological polar surface area (TPSA) is 81.3 Å². The lowest BCUT2D eigenvalue weighted by Gasteiger charge is -2.34. The number of nitrogens with one attached hydrogen (secondary N) is 1. The molecule has 1 aromatic carbocycles. The quantitative estimate of drug-likeness (QED) is 0.544. The Labute approximate surface area is 156 Å². The molecule has 0 saturated carbocycles. The predicted octanol–water partition coefficient (Wildman–Crippen LogP) is 2.18. The van der Waals surface area contributed by atoms with Crippen LogP contribution < -0.4 is 20.5 Å². The molecule has 3 N–H and O–H groups in total. The highest BCUT2D eigenvalue weighted by molar-refractivity contribution is 5.92. The molecule has 7 nitrogen and oxygen atoms in total. The second kappa shape index (κ2) is 10.2. The number of methoxy groups -OCH3 is 2. The number of hydrogen-bond donors (Lipinski definition) is 2. The standard InChI is InChI=1S/C19H32N4O3/c1-14(2)11-16(23-7-9-26-10-8-23)13-21-19(20)22-15-5-6-17(24-3)18(12-15)25-4/h5-6,12,14,16H,7-11,13H2,1-4H3,(H3,20,21,22). The van der Waals surface area contributed by atoms with Crippen LogP contribution in [0, 0.1) is 5.92 Å². The fraction of sp³-hybridized carbons (Fsp3) is 0.632. The van der Waals surface area contributed by atoms with Crippen molar-refractivity contribution in [1.82, 2.24) is 4.90 Å². The molecular formula is C19H32N4O3. The zero-order valence-corrected chi connectivity index (χ0v) is 16.3. The molecular weight excluding hydrogens is 332 g/mol. The summed E-state index contributed by atoms with van der Waals surface area (Å²) in [4.78, 5) is 7.03. The Morgan fingerprint density at radius 1 is 1.23 bits per heavy atom. The second-order valence-electron chi connectivity index (χ2n) is 6.85. The van der Waals surface area contributed by atoms with Crippen molar-refractivity contribution in [2.45, 2.75) is 26.3 Å². The summed E-state index contributed by atoms with van der Waals surface area (Å²) in [7, 11) is 3.22. The molecule has 1 atom stereocenters. The fourth-order valence-electron chi connectivity index (χ4n) is 3.13. The highest BCUT2D eigenvalue weighted by Crippen LogP contribution is 2.29. The molecule has 1 aliphatic heterocycles. The van der Waals surface area contributed by atoms with Crippen LogP contribution in [0.5, 0.6) is 11.5 Å². The summed E-state index contributed by atoms with van der Waals surface area (Å²) in [5.74, 6) is 2.34. The molecule has 0 aliphatic carbocycles. The Balaban J connectivity index is 2.00. The lowest BCUT2D eigenvalue weighted by Crippen LogP contribution is -2.45. The zero-order valence-electron chi connectivity index (χ0n) is 16.3. The molecule has 2 rings (SSSR count). The highest BCUT2D eigenvalue weighted by atomic mass is 16.5. The molecule has 1 unspecified atom stereocenters. The number of aliphatic imine (C=N–C) groups is 1. The molecule has 0 aromatic heterocycles. The van der Waals surface area contributed by atoms with Crippen molar-refractivity contribution in [3.05, 3.63) is 18.2 Å². The summed E-state index contributed by atoms with van der Waals surface area (Å²) in [5, 5.41) is 3.13. The lowest BCUT2D eigenvalue weighted by molar-refractivity contribution is 0.0143. The van der Waals surface area contributed by atoms with Gasteiger partial charge >= 0.3 is 0 Å². The van der Waals surface area contributed by atoms with Crippen molar-refractivity contribution in [2.75, 3.05) is 52.4 Å². The van der Waals surface area contributed by atoms with Gasteiger partial charge in [0, 0.05) is 30.9 Å². The molecule has 26 heavy (non-hydrogen) atoms. The van der Waals surface area contributed by atoms with Crippen LogP contribution in [0.3, 0.4) is 0 Å². The van der Waals surface area contributed by atoms with Crippen LogP contribution in [0.4, 0.5) is 5.69 Å². The molecule has 1 heterocycles. The van der Waals surface area contributed by atoms with Crippen LogP contribution in [0.25, 0.3) is 0 Å². The molecule has 0 amide bonds. The lowest BCUT2D eigenvalue weighted by atomic mass is 10.0. The van der Waals surface area contributed by atoms with Gasteiger partial charge in [0.1, 0.15) is 0 Å². The van der Waals surface area contributed by atoms with Gasteiger partial charge in [0.05, 0.1) is 34.0 Å². The third kappa shape index (κ3) is 6.07. The maximum absolute atomic E-state index is 6.10. The van der Waals surface area contributed by atoms with Gasteiger partial charge in [0.25, 0.3) is 0 Å². The van der Waals surface area contributed by atoms with Crippen LogP contribution in [-0.2, 0) is 4.74 Å². The average Bonchev–Trinajstić information content (AvgIpc) is 2.65. The minimum Gasteiger partial charge on any atom is -0.493 e. The van der Waals surface area contributed by atoms with Gasteiger partial charge in [-0.2, -0.15) is 0 Å². The van der Waals surface area contributed by atoms with Crippen molar-refractivity contribution >= 4 is 11.6 Å². The molecule has 146 valence electrons. The SMILES string of the molecule is COc1ccc(NC(N)=NCC(CC(C)C)N2CCOCC2)cc1OC. The predicted molar refractivity (Wildman–Crippen MR) is 105 cm³/mol. The number of anilines is 1. The van der Waals surface area contributed by atoms with E-state index < -0.39 is 0 Å². The fourth-order valence-corrected chi connectivity index (χ4v) is 3.13. The smallest absolute Gasteiger partial charge is 0.193 e. The number of benzene rings is 1. The van der Waals surface area contributed by atoms with E-state index in [1.54, 1.807) is 14.2 Å². The van der Waals surface area contributed by atoms with E-state index >= 15 is 0 Å². The van der Waals surface area contributed by atoms with Gasteiger partial charge in [0.2, 0.25) is 0 Å². The summed E-state index contributed by atoms with van der Waals surface area (Å²) >= 11 is 0. The van der Waals surface area contributed by atoms with Crippen molar-refractivity contribution in [2.24, 2.45) is 16.6 Å². The van der Waals surface area contributed by atoms with E-state index in [1.807, 2.05) is 18.2 Å². The number of morpholine rings is 1. The molecule has 1 aliphatic rings. The Hall–Kier alpha value is -1.99. The number of nitrogens with two attached hydrogens (primary N) is 1. The van der Waals surface area contributed by atoms with E-state index in [-0.39, 0.29) is 0 Å². The summed E-state index contributed by atoms with van der Waals surface area (Å²) in [6.07, 6.45) is 1.09. The van der Waals surface area contributed by atoms with Crippen LogP contribution in [-0.4, -0.2) is 64.0 Å². The third-order valence-electron chi connectivity index (χ3n) is 4.43. The van der Waals surface area contributed by atoms with E-state index in [1.165, 1.54) is 0 Å². The van der Waals surface area contributed by atoms with Crippen LogP contribution >= 0.6 is 0 Å². The number of rotatable bonds is 8. The molecule has 0 spiro atoms. The normalized spacial score (nSPS) is 17.2. The first-order chi connectivity index (χ1) is 12.5. The van der Waals surface area contributed by atoms with Crippen molar-refractivity contribution in [3.8, 4) is 11.5 Å². The molecule has 1 aromatic rings. The van der Waals surface area contributed by atoms with Crippen molar-refractivity contribution < 1.29 is 14.2 Å². The summed E-state index contributed by atoms with van der Waals surface area (Å²) < 4.78 is 16.0. The first-order valence-electron chi connectivity index (χ1n) is 9.14. The minimum absolute atomic E-state index is 0.379. The van der Waals surface area contributed by atoms with Crippen molar-refractivity contribution in [3.63, 3.8) is 0 Å². The van der Waals surface area contributed by atoms with Crippen molar-refractivity contribution in [1.29, 1.82) is 0 Å². The van der Waals surface area contributed by atoms with Crippen LogP contribution in [0.2, 0.25) is 0 Å². The molecule has 1 saturated heterocycles. The highest BCUT2D eigenvalue weighted by Gasteiger charge is 2.21. The van der Waals surface area contributed by atoms with Gasteiger partial charge < -0.3 is 25.3 Å². The largest absolute Gasteiger partial charge is 0.493 e. The maximum atomic E-state index is 6.10. The summed E-state index contributed by atoms with van der Waals surface area (Å²) in [6, 6.07) is 5.94. The molecule has 1 fully saturated rings. The Morgan fingerprint density at radius 3 is 2.54 bits per heavy atom. The van der Waals surface area contributed by atoms with Gasteiger partial charge in [-0.05, 0) is 24.5 Å². The number of nitrogens with zero attached hydrogens (tertiary/aromatic N) is 2. The van der Waals surface area contributed by atoms with E-state index in [4.69, 9.17) is 19.9 Å². The first kappa shape index (κ1) is 20.3. The summed E-state index contributed by atoms with van der Waals surface area (Å²) in [6.45, 7) is 8.64. The first-order valence-corrected chi connectivity index (χ1v) is 9.14. The van der Waals surface area contributed by atoms with Gasteiger partial charge in [-0.1, -0.05) is 13.8 Å².